The summed E-state index contributed by atoms with van der Waals surface area (Å²) in [6.07, 6.45) is 2.78. The number of hydrogen-bond donors (Lipinski definition) is 1. The maximum absolute atomic E-state index is 10.0. The molecule has 0 aromatic heterocycles. The third-order valence-corrected chi connectivity index (χ3v) is 3.49. The fourth-order valence-electron chi connectivity index (χ4n) is 2.16. The van der Waals surface area contributed by atoms with Crippen LogP contribution in [-0.4, -0.2) is 11.2 Å². The molecule has 1 aromatic rings. The van der Waals surface area contributed by atoms with Crippen molar-refractivity contribution in [2.45, 2.75) is 37.9 Å². The summed E-state index contributed by atoms with van der Waals surface area (Å²) < 4.78 is 5.61. The summed E-state index contributed by atoms with van der Waals surface area (Å²) in [7, 11) is 0. The maximum Gasteiger partial charge on any atom is 0.141 e. The third kappa shape index (κ3) is 1.44. The van der Waals surface area contributed by atoms with Crippen molar-refractivity contribution in [2.24, 2.45) is 0 Å². The lowest BCUT2D eigenvalue weighted by atomic mass is 10.0. The number of ether oxygens (including phenoxy) is 1. The van der Waals surface area contributed by atoms with Crippen LogP contribution in [0.3, 0.4) is 0 Å². The lowest BCUT2D eigenvalue weighted by molar-refractivity contribution is 0.151. The van der Waals surface area contributed by atoms with Crippen molar-refractivity contribution in [1.82, 2.24) is 0 Å². The Kier molecular flexibility index (Phi) is 1.83. The Morgan fingerprint density at radius 3 is 2.87 bits per heavy atom. The first kappa shape index (κ1) is 9.49. The van der Waals surface area contributed by atoms with Gasteiger partial charge < -0.3 is 9.84 Å². The molecule has 2 aliphatic rings. The molecule has 80 valence electrons. The highest BCUT2D eigenvalue weighted by atomic mass is 35.5. The van der Waals surface area contributed by atoms with Crippen molar-refractivity contribution < 1.29 is 9.84 Å². The van der Waals surface area contributed by atoms with E-state index in [0.717, 1.165) is 36.1 Å². The van der Waals surface area contributed by atoms with Crippen molar-refractivity contribution in [3.8, 4) is 5.75 Å². The minimum atomic E-state index is -0.607. The van der Waals surface area contributed by atoms with Crippen molar-refractivity contribution in [3.63, 3.8) is 0 Å². The lowest BCUT2D eigenvalue weighted by Gasteiger charge is -2.11. The molecule has 3 rings (SSSR count). The summed E-state index contributed by atoms with van der Waals surface area (Å²) in [5.74, 6) is 0.803. The molecular formula is C12H13ClO2. The molecule has 1 aliphatic carbocycles. The smallest absolute Gasteiger partial charge is 0.141 e. The molecule has 3 heteroatoms. The SMILES string of the molecule is CC1Cc2cc(C3(O)CC3)cc(Cl)c2O1. The molecule has 1 aromatic carbocycles. The summed E-state index contributed by atoms with van der Waals surface area (Å²) in [5, 5.41) is 10.7. The van der Waals surface area contributed by atoms with E-state index in [-0.39, 0.29) is 6.10 Å². The maximum atomic E-state index is 10.0. The molecule has 2 nitrogen and oxygen atoms in total. The average molecular weight is 225 g/mol. The summed E-state index contributed by atoms with van der Waals surface area (Å²) in [6.45, 7) is 2.03. The minimum Gasteiger partial charge on any atom is -0.489 e. The highest BCUT2D eigenvalue weighted by Gasteiger charge is 2.43. The molecule has 1 heterocycles. The number of rotatable bonds is 1. The molecule has 15 heavy (non-hydrogen) atoms. The normalized spacial score (nSPS) is 25.9. The van der Waals surface area contributed by atoms with E-state index in [0.29, 0.717) is 5.02 Å². The molecule has 1 unspecified atom stereocenters. The zero-order valence-corrected chi connectivity index (χ0v) is 9.34. The Balaban J connectivity index is 2.08. The number of fused-ring (bicyclic) bond motifs is 1. The van der Waals surface area contributed by atoms with Crippen LogP contribution in [0.4, 0.5) is 0 Å². The number of aliphatic hydroxyl groups is 1. The predicted molar refractivity (Wildman–Crippen MR) is 58.4 cm³/mol. The van der Waals surface area contributed by atoms with Gasteiger partial charge in [-0.1, -0.05) is 11.6 Å². The topological polar surface area (TPSA) is 29.5 Å². The first-order chi connectivity index (χ1) is 7.08. The fraction of sp³-hybridized carbons (Fsp3) is 0.500. The van der Waals surface area contributed by atoms with E-state index in [1.807, 2.05) is 19.1 Å². The van der Waals surface area contributed by atoms with E-state index in [1.165, 1.54) is 0 Å². The zero-order chi connectivity index (χ0) is 10.6. The van der Waals surface area contributed by atoms with E-state index < -0.39 is 5.60 Å². The Bertz CT molecular complexity index is 424. The van der Waals surface area contributed by atoms with Crippen LogP contribution in [0.2, 0.25) is 5.02 Å². The second-order valence-electron chi connectivity index (χ2n) is 4.61. The second-order valence-corrected chi connectivity index (χ2v) is 5.02. The van der Waals surface area contributed by atoms with Gasteiger partial charge in [0.05, 0.1) is 10.6 Å². The van der Waals surface area contributed by atoms with E-state index in [9.17, 15) is 5.11 Å². The quantitative estimate of drug-likeness (QED) is 0.795. The summed E-state index contributed by atoms with van der Waals surface area (Å²) in [4.78, 5) is 0. The molecule has 0 saturated heterocycles. The summed E-state index contributed by atoms with van der Waals surface area (Å²) in [6, 6.07) is 3.88. The van der Waals surface area contributed by atoms with Crippen LogP contribution in [0, 0.1) is 0 Å². The zero-order valence-electron chi connectivity index (χ0n) is 8.59. The average Bonchev–Trinajstić information content (AvgIpc) is 2.79. The Morgan fingerprint density at radius 1 is 1.47 bits per heavy atom. The Hall–Kier alpha value is -0.730. The molecule has 1 fully saturated rings. The molecule has 0 spiro atoms. The van der Waals surface area contributed by atoms with E-state index in [2.05, 4.69) is 0 Å². The van der Waals surface area contributed by atoms with Gasteiger partial charge in [0.25, 0.3) is 0 Å². The van der Waals surface area contributed by atoms with Gasteiger partial charge in [0.1, 0.15) is 11.9 Å². The first-order valence-corrected chi connectivity index (χ1v) is 5.68. The molecule has 0 amide bonds. The third-order valence-electron chi connectivity index (χ3n) is 3.21. The van der Waals surface area contributed by atoms with Gasteiger partial charge in [0.15, 0.2) is 0 Å². The summed E-state index contributed by atoms with van der Waals surface area (Å²) >= 11 is 6.14. The Labute approximate surface area is 93.8 Å². The van der Waals surface area contributed by atoms with Crippen LogP contribution in [0.15, 0.2) is 12.1 Å². The highest BCUT2D eigenvalue weighted by Crippen LogP contribution is 2.48. The van der Waals surface area contributed by atoms with Gasteiger partial charge in [0.2, 0.25) is 0 Å². The van der Waals surface area contributed by atoms with Gasteiger partial charge in [-0.15, -0.1) is 0 Å². The first-order valence-electron chi connectivity index (χ1n) is 5.30. The van der Waals surface area contributed by atoms with Gasteiger partial charge in [-0.3, -0.25) is 0 Å². The monoisotopic (exact) mass is 224 g/mol. The fourth-order valence-corrected chi connectivity index (χ4v) is 2.45. The van der Waals surface area contributed by atoms with E-state index >= 15 is 0 Å². The molecule has 0 bridgehead atoms. The van der Waals surface area contributed by atoms with Crippen molar-refractivity contribution >= 4 is 11.6 Å². The molecule has 1 N–H and O–H groups in total. The lowest BCUT2D eigenvalue weighted by Crippen LogP contribution is -2.05. The molecule has 1 aliphatic heterocycles. The van der Waals surface area contributed by atoms with Crippen molar-refractivity contribution in [3.05, 3.63) is 28.3 Å². The second kappa shape index (κ2) is 2.89. The van der Waals surface area contributed by atoms with Gasteiger partial charge in [-0.05, 0) is 43.0 Å². The molecule has 1 saturated carbocycles. The van der Waals surface area contributed by atoms with Gasteiger partial charge in [-0.2, -0.15) is 0 Å². The molecular weight excluding hydrogens is 212 g/mol. The standard InChI is InChI=1S/C12H13ClO2/c1-7-4-8-5-9(12(14)2-3-12)6-10(13)11(8)15-7/h5-7,14H,2-4H2,1H3. The van der Waals surface area contributed by atoms with E-state index in [4.69, 9.17) is 16.3 Å². The van der Waals surface area contributed by atoms with Gasteiger partial charge >= 0.3 is 0 Å². The van der Waals surface area contributed by atoms with Crippen LogP contribution in [0.1, 0.15) is 30.9 Å². The van der Waals surface area contributed by atoms with Crippen molar-refractivity contribution in [2.75, 3.05) is 0 Å². The number of hydrogen-bond acceptors (Lipinski definition) is 2. The van der Waals surface area contributed by atoms with Crippen LogP contribution in [-0.2, 0) is 12.0 Å². The summed E-state index contributed by atoms with van der Waals surface area (Å²) in [5.41, 5.74) is 1.47. The molecule has 0 radical (unpaired) electrons. The van der Waals surface area contributed by atoms with E-state index in [1.54, 1.807) is 0 Å². The largest absolute Gasteiger partial charge is 0.489 e. The van der Waals surface area contributed by atoms with Gasteiger partial charge in [0, 0.05) is 6.42 Å². The van der Waals surface area contributed by atoms with Gasteiger partial charge in [-0.25, -0.2) is 0 Å². The van der Waals surface area contributed by atoms with Crippen LogP contribution < -0.4 is 4.74 Å². The predicted octanol–water partition coefficient (Wildman–Crippen LogP) is 2.64. The van der Waals surface area contributed by atoms with Crippen LogP contribution >= 0.6 is 11.6 Å². The Morgan fingerprint density at radius 2 is 2.20 bits per heavy atom. The number of benzene rings is 1. The number of halogens is 1. The minimum absolute atomic E-state index is 0.196. The van der Waals surface area contributed by atoms with Crippen molar-refractivity contribution in [1.29, 1.82) is 0 Å². The van der Waals surface area contributed by atoms with Crippen LogP contribution in [0.25, 0.3) is 0 Å². The highest BCUT2D eigenvalue weighted by molar-refractivity contribution is 6.32. The van der Waals surface area contributed by atoms with Crippen LogP contribution in [0.5, 0.6) is 5.75 Å². The molecule has 1 atom stereocenters.